The van der Waals surface area contributed by atoms with Gasteiger partial charge >= 0.3 is 0 Å². The fourth-order valence-electron chi connectivity index (χ4n) is 1.30. The number of hydrogen-bond acceptors (Lipinski definition) is 1. The van der Waals surface area contributed by atoms with Crippen molar-refractivity contribution < 1.29 is 4.79 Å². The molecule has 1 aliphatic rings. The van der Waals surface area contributed by atoms with E-state index in [1.165, 1.54) is 0 Å². The van der Waals surface area contributed by atoms with Crippen LogP contribution in [0, 0.1) is 12.3 Å². The topological polar surface area (TPSA) is 29.1 Å². The first-order valence-corrected chi connectivity index (χ1v) is 3.69. The molecular weight excluding hydrogens is 150 g/mol. The molecule has 0 fully saturated rings. The Balaban J connectivity index is 2.59. The number of carbonyl (C=O) groups is 1. The minimum atomic E-state index is -0.0258. The largest absolute Gasteiger partial charge is 0.348 e. The van der Waals surface area contributed by atoms with Gasteiger partial charge < -0.3 is 5.32 Å². The smallest absolute Gasteiger partial charge is 0.251 e. The van der Waals surface area contributed by atoms with Crippen LogP contribution in [0.5, 0.6) is 0 Å². The Morgan fingerprint density at radius 2 is 2.33 bits per heavy atom. The van der Waals surface area contributed by atoms with E-state index in [1.54, 1.807) is 6.07 Å². The SMILES string of the molecule is C#Cc1ccc2c(c1)C(=O)NC2. The predicted octanol–water partition coefficient (Wildman–Crippen LogP) is 0.911. The molecule has 0 spiro atoms. The fourth-order valence-corrected chi connectivity index (χ4v) is 1.30. The molecule has 1 N–H and O–H groups in total. The second kappa shape index (κ2) is 2.38. The summed E-state index contributed by atoms with van der Waals surface area (Å²) in [5, 5.41) is 2.73. The number of terminal acetylenes is 1. The second-order valence-corrected chi connectivity index (χ2v) is 2.70. The molecular formula is C10H7NO. The van der Waals surface area contributed by atoms with Gasteiger partial charge in [0, 0.05) is 17.7 Å². The normalized spacial score (nSPS) is 13.4. The molecule has 1 amide bonds. The van der Waals surface area contributed by atoms with E-state index in [4.69, 9.17) is 6.42 Å². The van der Waals surface area contributed by atoms with Gasteiger partial charge in [0.1, 0.15) is 0 Å². The van der Waals surface area contributed by atoms with Crippen molar-refractivity contribution in [1.82, 2.24) is 5.32 Å². The molecule has 0 saturated carbocycles. The molecule has 1 aromatic rings. The zero-order valence-corrected chi connectivity index (χ0v) is 6.42. The standard InChI is InChI=1S/C10H7NO/c1-2-7-3-4-8-6-11-10(12)9(8)5-7/h1,3-5H,6H2,(H,11,12). The maximum Gasteiger partial charge on any atom is 0.251 e. The molecule has 0 saturated heterocycles. The minimum absolute atomic E-state index is 0.0258. The van der Waals surface area contributed by atoms with E-state index in [-0.39, 0.29) is 5.91 Å². The Hall–Kier alpha value is -1.75. The van der Waals surface area contributed by atoms with Crippen LogP contribution in [-0.4, -0.2) is 5.91 Å². The third-order valence-electron chi connectivity index (χ3n) is 1.96. The van der Waals surface area contributed by atoms with Gasteiger partial charge in [0.15, 0.2) is 0 Å². The zero-order valence-electron chi connectivity index (χ0n) is 6.42. The number of amides is 1. The average Bonchev–Trinajstić information content (AvgIpc) is 2.47. The highest BCUT2D eigenvalue weighted by Gasteiger charge is 2.17. The Kier molecular flexibility index (Phi) is 1.38. The van der Waals surface area contributed by atoms with E-state index >= 15 is 0 Å². The molecule has 1 aromatic carbocycles. The summed E-state index contributed by atoms with van der Waals surface area (Å²) in [6.45, 7) is 0.624. The van der Waals surface area contributed by atoms with Gasteiger partial charge in [0.25, 0.3) is 5.91 Å². The Bertz CT molecular complexity index is 387. The molecule has 2 nitrogen and oxygen atoms in total. The predicted molar refractivity (Wildman–Crippen MR) is 45.5 cm³/mol. The molecule has 12 heavy (non-hydrogen) atoms. The lowest BCUT2D eigenvalue weighted by Gasteiger charge is -1.94. The molecule has 1 aliphatic heterocycles. The van der Waals surface area contributed by atoms with Crippen molar-refractivity contribution in [3.63, 3.8) is 0 Å². The third-order valence-corrected chi connectivity index (χ3v) is 1.96. The van der Waals surface area contributed by atoms with Crippen molar-refractivity contribution >= 4 is 5.91 Å². The van der Waals surface area contributed by atoms with Crippen molar-refractivity contribution in [2.24, 2.45) is 0 Å². The van der Waals surface area contributed by atoms with Crippen LogP contribution in [0.1, 0.15) is 21.5 Å². The summed E-state index contributed by atoms with van der Waals surface area (Å²) in [5.41, 5.74) is 2.50. The Labute approximate surface area is 70.6 Å². The third kappa shape index (κ3) is 0.876. The number of hydrogen-bond donors (Lipinski definition) is 1. The van der Waals surface area contributed by atoms with Crippen molar-refractivity contribution in [3.05, 3.63) is 34.9 Å². The van der Waals surface area contributed by atoms with E-state index in [0.717, 1.165) is 11.1 Å². The van der Waals surface area contributed by atoms with Gasteiger partial charge in [-0.05, 0) is 17.7 Å². The Morgan fingerprint density at radius 1 is 1.50 bits per heavy atom. The summed E-state index contributed by atoms with van der Waals surface area (Å²) < 4.78 is 0. The van der Waals surface area contributed by atoms with E-state index in [1.807, 2.05) is 12.1 Å². The van der Waals surface area contributed by atoms with Crippen molar-refractivity contribution in [2.75, 3.05) is 0 Å². The van der Waals surface area contributed by atoms with Crippen molar-refractivity contribution in [1.29, 1.82) is 0 Å². The number of benzene rings is 1. The molecule has 58 valence electrons. The van der Waals surface area contributed by atoms with Crippen LogP contribution in [0.4, 0.5) is 0 Å². The molecule has 0 bridgehead atoms. The highest BCUT2D eigenvalue weighted by molar-refractivity contribution is 5.98. The minimum Gasteiger partial charge on any atom is -0.348 e. The van der Waals surface area contributed by atoms with Crippen LogP contribution in [-0.2, 0) is 6.54 Å². The zero-order chi connectivity index (χ0) is 8.55. The molecule has 0 aliphatic carbocycles. The number of rotatable bonds is 0. The van der Waals surface area contributed by atoms with Gasteiger partial charge in [-0.3, -0.25) is 4.79 Å². The number of fused-ring (bicyclic) bond motifs is 1. The average molecular weight is 157 g/mol. The van der Waals surface area contributed by atoms with Gasteiger partial charge in [0.2, 0.25) is 0 Å². The Morgan fingerprint density at radius 3 is 3.08 bits per heavy atom. The summed E-state index contributed by atoms with van der Waals surface area (Å²) in [5.74, 6) is 2.47. The quantitative estimate of drug-likeness (QED) is 0.557. The molecule has 2 heteroatoms. The molecule has 2 rings (SSSR count). The first-order valence-electron chi connectivity index (χ1n) is 3.69. The lowest BCUT2D eigenvalue weighted by atomic mass is 10.1. The summed E-state index contributed by atoms with van der Waals surface area (Å²) in [4.78, 5) is 11.2. The number of carbonyl (C=O) groups excluding carboxylic acids is 1. The van der Waals surface area contributed by atoms with Crippen molar-refractivity contribution in [2.45, 2.75) is 6.54 Å². The van der Waals surface area contributed by atoms with Gasteiger partial charge in [0.05, 0.1) is 0 Å². The van der Waals surface area contributed by atoms with Crippen LogP contribution < -0.4 is 5.32 Å². The van der Waals surface area contributed by atoms with E-state index in [0.29, 0.717) is 12.1 Å². The second-order valence-electron chi connectivity index (χ2n) is 2.70. The van der Waals surface area contributed by atoms with Crippen LogP contribution in [0.2, 0.25) is 0 Å². The maximum absolute atomic E-state index is 11.2. The molecule has 0 radical (unpaired) electrons. The molecule has 0 unspecified atom stereocenters. The monoisotopic (exact) mass is 157 g/mol. The summed E-state index contributed by atoms with van der Waals surface area (Å²) in [7, 11) is 0. The summed E-state index contributed by atoms with van der Waals surface area (Å²) in [6, 6.07) is 5.49. The van der Waals surface area contributed by atoms with Gasteiger partial charge in [-0.2, -0.15) is 0 Å². The van der Waals surface area contributed by atoms with E-state index in [2.05, 4.69) is 11.2 Å². The lowest BCUT2D eigenvalue weighted by molar-refractivity contribution is 0.0966. The van der Waals surface area contributed by atoms with Gasteiger partial charge in [-0.1, -0.05) is 12.0 Å². The highest BCUT2D eigenvalue weighted by atomic mass is 16.1. The van der Waals surface area contributed by atoms with Crippen LogP contribution in [0.25, 0.3) is 0 Å². The van der Waals surface area contributed by atoms with Gasteiger partial charge in [-0.25, -0.2) is 0 Å². The van der Waals surface area contributed by atoms with E-state index in [9.17, 15) is 4.79 Å². The molecule has 0 atom stereocenters. The summed E-state index contributed by atoms with van der Waals surface area (Å²) in [6.07, 6.45) is 5.21. The van der Waals surface area contributed by atoms with Crippen molar-refractivity contribution in [3.8, 4) is 12.3 Å². The van der Waals surface area contributed by atoms with Gasteiger partial charge in [-0.15, -0.1) is 6.42 Å². The fraction of sp³-hybridized carbons (Fsp3) is 0.100. The maximum atomic E-state index is 11.2. The summed E-state index contributed by atoms with van der Waals surface area (Å²) >= 11 is 0. The molecule has 0 aromatic heterocycles. The van der Waals surface area contributed by atoms with E-state index < -0.39 is 0 Å². The van der Waals surface area contributed by atoms with Crippen LogP contribution in [0.3, 0.4) is 0 Å². The molecule has 1 heterocycles. The van der Waals surface area contributed by atoms with Crippen LogP contribution in [0.15, 0.2) is 18.2 Å². The first-order chi connectivity index (χ1) is 5.81. The number of nitrogens with one attached hydrogen (secondary N) is 1. The lowest BCUT2D eigenvalue weighted by Crippen LogP contribution is -2.12. The first kappa shape index (κ1) is 6.93. The van der Waals surface area contributed by atoms with Crippen LogP contribution >= 0.6 is 0 Å². The highest BCUT2D eigenvalue weighted by Crippen LogP contribution is 2.16.